The van der Waals surface area contributed by atoms with Crippen LogP contribution in [0.3, 0.4) is 0 Å². The molecule has 0 saturated heterocycles. The molecule has 94 valence electrons. The number of nitrogens with one attached hydrogen (secondary N) is 1. The number of aromatic nitrogens is 1. The molecule has 2 aromatic heterocycles. The smallest absolute Gasteiger partial charge is 0.253 e. The molecule has 0 spiro atoms. The topological polar surface area (TPSA) is 42.0 Å². The first-order valence-corrected chi connectivity index (χ1v) is 6.92. The summed E-state index contributed by atoms with van der Waals surface area (Å²) in [6.45, 7) is 1.92. The van der Waals surface area contributed by atoms with Gasteiger partial charge in [-0.2, -0.15) is 11.3 Å². The number of hydrogen-bond acceptors (Lipinski definition) is 3. The lowest BCUT2D eigenvalue weighted by Gasteiger charge is -2.12. The maximum atomic E-state index is 12.0. The highest BCUT2D eigenvalue weighted by Gasteiger charge is 2.13. The van der Waals surface area contributed by atoms with E-state index >= 15 is 0 Å². The van der Waals surface area contributed by atoms with Crippen molar-refractivity contribution in [3.63, 3.8) is 0 Å². The summed E-state index contributed by atoms with van der Waals surface area (Å²) in [6.07, 6.45) is 1.41. The van der Waals surface area contributed by atoms with Crippen molar-refractivity contribution in [3.8, 4) is 0 Å². The zero-order chi connectivity index (χ0) is 13.1. The Morgan fingerprint density at radius 1 is 1.50 bits per heavy atom. The maximum Gasteiger partial charge on any atom is 0.253 e. The predicted molar refractivity (Wildman–Crippen MR) is 74.5 cm³/mol. The van der Waals surface area contributed by atoms with E-state index in [4.69, 9.17) is 23.2 Å². The molecule has 0 fully saturated rings. The summed E-state index contributed by atoms with van der Waals surface area (Å²) in [5, 5.41) is 7.30. The van der Waals surface area contributed by atoms with Crippen molar-refractivity contribution >= 4 is 40.4 Å². The Morgan fingerprint density at radius 3 is 2.89 bits per heavy atom. The molecule has 1 N–H and O–H groups in total. The largest absolute Gasteiger partial charge is 0.345 e. The summed E-state index contributed by atoms with van der Waals surface area (Å²) in [6, 6.07) is 3.42. The van der Waals surface area contributed by atoms with E-state index in [0.717, 1.165) is 5.56 Å². The van der Waals surface area contributed by atoms with Gasteiger partial charge in [-0.05, 0) is 35.4 Å². The van der Waals surface area contributed by atoms with Gasteiger partial charge >= 0.3 is 0 Å². The van der Waals surface area contributed by atoms with E-state index in [9.17, 15) is 4.79 Å². The van der Waals surface area contributed by atoms with Gasteiger partial charge in [0.25, 0.3) is 5.91 Å². The van der Waals surface area contributed by atoms with Gasteiger partial charge in [-0.25, -0.2) is 4.98 Å². The number of rotatable bonds is 3. The van der Waals surface area contributed by atoms with E-state index in [-0.39, 0.29) is 22.1 Å². The van der Waals surface area contributed by atoms with Crippen LogP contribution in [0.5, 0.6) is 0 Å². The minimum absolute atomic E-state index is 0.0572. The van der Waals surface area contributed by atoms with Crippen LogP contribution in [0.1, 0.15) is 28.9 Å². The van der Waals surface area contributed by atoms with Gasteiger partial charge in [0.1, 0.15) is 5.15 Å². The Labute approximate surface area is 119 Å². The highest BCUT2D eigenvalue weighted by molar-refractivity contribution is 7.07. The molecule has 0 bridgehead atoms. The Balaban J connectivity index is 2.10. The molecule has 0 saturated carbocycles. The van der Waals surface area contributed by atoms with Crippen molar-refractivity contribution in [2.75, 3.05) is 0 Å². The number of carbonyl (C=O) groups excluding carboxylic acids is 1. The van der Waals surface area contributed by atoms with Gasteiger partial charge < -0.3 is 5.32 Å². The van der Waals surface area contributed by atoms with Gasteiger partial charge in [0.05, 0.1) is 16.6 Å². The predicted octanol–water partition coefficient (Wildman–Crippen LogP) is 3.94. The number of carbonyl (C=O) groups is 1. The first-order chi connectivity index (χ1) is 8.58. The highest BCUT2D eigenvalue weighted by Crippen LogP contribution is 2.21. The van der Waals surface area contributed by atoms with Gasteiger partial charge in [0.15, 0.2) is 0 Å². The third-order valence-electron chi connectivity index (χ3n) is 2.45. The van der Waals surface area contributed by atoms with Gasteiger partial charge in [-0.3, -0.25) is 4.79 Å². The normalized spacial score (nSPS) is 12.2. The van der Waals surface area contributed by atoms with Crippen molar-refractivity contribution < 1.29 is 4.79 Å². The van der Waals surface area contributed by atoms with Crippen molar-refractivity contribution in [1.82, 2.24) is 10.3 Å². The number of thiophene rings is 1. The van der Waals surface area contributed by atoms with Crippen LogP contribution in [0.25, 0.3) is 0 Å². The van der Waals surface area contributed by atoms with Crippen LogP contribution in [-0.4, -0.2) is 10.9 Å². The molecule has 3 nitrogen and oxygen atoms in total. The first kappa shape index (κ1) is 13.3. The average Bonchev–Trinajstić information content (AvgIpc) is 2.86. The van der Waals surface area contributed by atoms with E-state index < -0.39 is 0 Å². The lowest BCUT2D eigenvalue weighted by atomic mass is 10.1. The molecule has 0 aromatic carbocycles. The van der Waals surface area contributed by atoms with E-state index in [2.05, 4.69) is 10.3 Å². The van der Waals surface area contributed by atoms with E-state index in [0.29, 0.717) is 5.56 Å². The molecule has 0 aliphatic heterocycles. The monoisotopic (exact) mass is 300 g/mol. The molecular formula is C12H10Cl2N2OS. The molecule has 6 heteroatoms. The van der Waals surface area contributed by atoms with E-state index in [1.165, 1.54) is 12.3 Å². The molecule has 1 amide bonds. The Morgan fingerprint density at radius 2 is 2.28 bits per heavy atom. The summed E-state index contributed by atoms with van der Waals surface area (Å²) in [7, 11) is 0. The molecule has 0 radical (unpaired) electrons. The third-order valence-corrected chi connectivity index (χ3v) is 3.84. The molecule has 0 aliphatic carbocycles. The zero-order valence-corrected chi connectivity index (χ0v) is 11.8. The fourth-order valence-corrected chi connectivity index (χ4v) is 2.45. The minimum Gasteiger partial charge on any atom is -0.345 e. The standard InChI is InChI=1S/C12H10Cl2N2OS/c1-7(8-2-3-18-6-8)16-12(17)9-4-10(13)11(14)15-5-9/h2-7H,1H3,(H,16,17). The summed E-state index contributed by atoms with van der Waals surface area (Å²) >= 11 is 13.1. The summed E-state index contributed by atoms with van der Waals surface area (Å²) in [4.78, 5) is 15.8. The summed E-state index contributed by atoms with van der Waals surface area (Å²) in [5.74, 6) is -0.222. The van der Waals surface area contributed by atoms with Crippen LogP contribution in [0.4, 0.5) is 0 Å². The second-order valence-corrected chi connectivity index (χ2v) is 5.29. The third kappa shape index (κ3) is 3.02. The van der Waals surface area contributed by atoms with Gasteiger partial charge in [0, 0.05) is 6.20 Å². The number of hydrogen-bond donors (Lipinski definition) is 1. The zero-order valence-electron chi connectivity index (χ0n) is 9.48. The summed E-state index contributed by atoms with van der Waals surface area (Å²) < 4.78 is 0. The van der Waals surface area contributed by atoms with Gasteiger partial charge in [-0.15, -0.1) is 0 Å². The van der Waals surface area contributed by atoms with E-state index in [1.807, 2.05) is 23.8 Å². The number of halogens is 2. The van der Waals surface area contributed by atoms with Crippen LogP contribution in [0, 0.1) is 0 Å². The molecule has 2 rings (SSSR count). The molecule has 0 aliphatic rings. The van der Waals surface area contributed by atoms with Crippen LogP contribution < -0.4 is 5.32 Å². The Hall–Kier alpha value is -1.10. The summed E-state index contributed by atoms with van der Waals surface area (Å²) in [5.41, 5.74) is 1.47. The molecule has 1 atom stereocenters. The second-order valence-electron chi connectivity index (χ2n) is 3.75. The minimum atomic E-state index is -0.222. The van der Waals surface area contributed by atoms with Crippen molar-refractivity contribution in [2.45, 2.75) is 13.0 Å². The van der Waals surface area contributed by atoms with Crippen LogP contribution in [-0.2, 0) is 0 Å². The van der Waals surface area contributed by atoms with Crippen LogP contribution >= 0.6 is 34.5 Å². The number of nitrogens with zero attached hydrogens (tertiary/aromatic N) is 1. The van der Waals surface area contributed by atoms with Crippen molar-refractivity contribution in [1.29, 1.82) is 0 Å². The molecule has 18 heavy (non-hydrogen) atoms. The average molecular weight is 301 g/mol. The highest BCUT2D eigenvalue weighted by atomic mass is 35.5. The van der Waals surface area contributed by atoms with Crippen molar-refractivity contribution in [3.05, 3.63) is 50.4 Å². The Bertz CT molecular complexity index is 557. The van der Waals surface area contributed by atoms with Gasteiger partial charge in [0.2, 0.25) is 0 Å². The quantitative estimate of drug-likeness (QED) is 0.872. The molecule has 1 unspecified atom stereocenters. The lowest BCUT2D eigenvalue weighted by molar-refractivity contribution is 0.0939. The van der Waals surface area contributed by atoms with Crippen LogP contribution in [0.2, 0.25) is 10.2 Å². The number of amides is 1. The SMILES string of the molecule is CC(NC(=O)c1cnc(Cl)c(Cl)c1)c1ccsc1. The molecular weight excluding hydrogens is 291 g/mol. The van der Waals surface area contributed by atoms with Crippen LogP contribution in [0.15, 0.2) is 29.1 Å². The molecule has 2 aromatic rings. The fraction of sp³-hybridized carbons (Fsp3) is 0.167. The van der Waals surface area contributed by atoms with Crippen molar-refractivity contribution in [2.24, 2.45) is 0 Å². The lowest BCUT2D eigenvalue weighted by Crippen LogP contribution is -2.26. The first-order valence-electron chi connectivity index (χ1n) is 5.22. The number of pyridine rings is 1. The van der Waals surface area contributed by atoms with E-state index in [1.54, 1.807) is 11.3 Å². The van der Waals surface area contributed by atoms with Gasteiger partial charge in [-0.1, -0.05) is 23.2 Å². The maximum absolute atomic E-state index is 12.0. The second kappa shape index (κ2) is 5.69. The Kier molecular flexibility index (Phi) is 4.22. The molecule has 2 heterocycles. The fourth-order valence-electron chi connectivity index (χ4n) is 1.43.